The summed E-state index contributed by atoms with van der Waals surface area (Å²) < 4.78 is 0. The van der Waals surface area contributed by atoms with Crippen LogP contribution in [0.4, 0.5) is 0 Å². The van der Waals surface area contributed by atoms with E-state index in [9.17, 15) is 5.11 Å². The van der Waals surface area contributed by atoms with E-state index in [0.29, 0.717) is 10.8 Å². The molecule has 0 saturated heterocycles. The Bertz CT molecular complexity index is 839. The summed E-state index contributed by atoms with van der Waals surface area (Å²) in [5, 5.41) is 11.5. The second-order valence-corrected chi connectivity index (χ2v) is 6.22. The number of nitrogens with zero attached hydrogens (tertiary/aromatic N) is 3. The van der Waals surface area contributed by atoms with Crippen molar-refractivity contribution in [1.29, 1.82) is 0 Å². The van der Waals surface area contributed by atoms with E-state index in [1.165, 1.54) is 0 Å². The van der Waals surface area contributed by atoms with Crippen LogP contribution < -0.4 is 0 Å². The number of fused-ring (bicyclic) bond motifs is 1. The predicted molar refractivity (Wildman–Crippen MR) is 87.8 cm³/mol. The average molecular weight is 314 g/mol. The Hall–Kier alpha value is -2.04. The second-order valence-electron chi connectivity index (χ2n) is 5.82. The van der Waals surface area contributed by atoms with Crippen LogP contribution in [0.15, 0.2) is 36.7 Å². The highest BCUT2D eigenvalue weighted by molar-refractivity contribution is 6.31. The average Bonchev–Trinajstić information content (AvgIpc) is 2.47. The molecule has 1 aromatic carbocycles. The molecule has 0 unspecified atom stereocenters. The molecule has 0 amide bonds. The molecule has 3 aromatic rings. The predicted octanol–water partition coefficient (Wildman–Crippen LogP) is 3.88. The third-order valence-corrected chi connectivity index (χ3v) is 3.86. The molecule has 1 N–H and O–H groups in total. The summed E-state index contributed by atoms with van der Waals surface area (Å²) in [7, 11) is 0. The molecule has 0 spiro atoms. The zero-order valence-electron chi connectivity index (χ0n) is 12.6. The quantitative estimate of drug-likeness (QED) is 0.780. The summed E-state index contributed by atoms with van der Waals surface area (Å²) in [6.45, 7) is 5.21. The zero-order chi connectivity index (χ0) is 15.9. The van der Waals surface area contributed by atoms with Gasteiger partial charge in [0.15, 0.2) is 5.82 Å². The Kier molecular flexibility index (Phi) is 3.59. The van der Waals surface area contributed by atoms with Crippen molar-refractivity contribution in [2.45, 2.75) is 26.4 Å². The van der Waals surface area contributed by atoms with Crippen LogP contribution in [-0.4, -0.2) is 20.1 Å². The van der Waals surface area contributed by atoms with E-state index < -0.39 is 5.60 Å². The number of aryl methyl sites for hydroxylation is 1. The minimum atomic E-state index is -1.04. The lowest BCUT2D eigenvalue weighted by Gasteiger charge is -2.15. The Morgan fingerprint density at radius 3 is 2.36 bits per heavy atom. The van der Waals surface area contributed by atoms with Crippen molar-refractivity contribution in [3.63, 3.8) is 0 Å². The van der Waals surface area contributed by atoms with Gasteiger partial charge in [0.2, 0.25) is 0 Å². The molecule has 0 aliphatic heterocycles. The molecule has 3 rings (SSSR count). The molecule has 112 valence electrons. The van der Waals surface area contributed by atoms with Gasteiger partial charge in [0, 0.05) is 23.3 Å². The Morgan fingerprint density at radius 2 is 1.73 bits per heavy atom. The summed E-state index contributed by atoms with van der Waals surface area (Å²) in [6, 6.07) is 7.86. The lowest BCUT2D eigenvalue weighted by Crippen LogP contribution is -2.19. The third-order valence-electron chi connectivity index (χ3n) is 3.48. The summed E-state index contributed by atoms with van der Waals surface area (Å²) >= 11 is 6.14. The molecular weight excluding hydrogens is 298 g/mol. The Balaban J connectivity index is 2.05. The van der Waals surface area contributed by atoms with Gasteiger partial charge in [0.1, 0.15) is 5.60 Å². The van der Waals surface area contributed by atoms with E-state index in [-0.39, 0.29) is 0 Å². The number of pyridine rings is 1. The highest BCUT2D eigenvalue weighted by Crippen LogP contribution is 2.26. The van der Waals surface area contributed by atoms with Gasteiger partial charge in [-0.15, -0.1) is 0 Å². The molecule has 0 atom stereocenters. The van der Waals surface area contributed by atoms with Crippen LogP contribution in [0.1, 0.15) is 25.4 Å². The zero-order valence-corrected chi connectivity index (χ0v) is 13.4. The first-order chi connectivity index (χ1) is 10.3. The first-order valence-corrected chi connectivity index (χ1v) is 7.34. The summed E-state index contributed by atoms with van der Waals surface area (Å²) in [6.07, 6.45) is 3.43. The number of aromatic nitrogens is 3. The molecule has 4 nitrogen and oxygen atoms in total. The number of hydrogen-bond donors (Lipinski definition) is 1. The maximum Gasteiger partial charge on any atom is 0.159 e. The molecule has 0 fully saturated rings. The first kappa shape index (κ1) is 14.9. The fraction of sp³-hybridized carbons (Fsp3) is 0.235. The van der Waals surface area contributed by atoms with Crippen LogP contribution in [0, 0.1) is 6.92 Å². The fourth-order valence-corrected chi connectivity index (χ4v) is 2.38. The number of benzene rings is 1. The van der Waals surface area contributed by atoms with E-state index in [2.05, 4.69) is 15.0 Å². The van der Waals surface area contributed by atoms with Gasteiger partial charge in [-0.05, 0) is 44.5 Å². The maximum atomic E-state index is 9.90. The first-order valence-electron chi connectivity index (χ1n) is 6.97. The third kappa shape index (κ3) is 2.80. The largest absolute Gasteiger partial charge is 0.382 e. The molecule has 0 saturated carbocycles. The summed E-state index contributed by atoms with van der Waals surface area (Å²) in [5.41, 5.74) is 2.54. The molecule has 2 heterocycles. The molecule has 5 heteroatoms. The van der Waals surface area contributed by atoms with Gasteiger partial charge in [0.05, 0.1) is 16.2 Å². The van der Waals surface area contributed by atoms with Crippen molar-refractivity contribution in [2.24, 2.45) is 0 Å². The Labute approximate surface area is 133 Å². The van der Waals surface area contributed by atoms with Crippen LogP contribution in [0.5, 0.6) is 0 Å². The van der Waals surface area contributed by atoms with Crippen molar-refractivity contribution in [3.8, 4) is 11.1 Å². The maximum absolute atomic E-state index is 9.90. The SMILES string of the molecule is Cc1nc2ccc(-c3cnc(C(C)(C)O)nc3)cc2cc1Cl. The molecule has 0 radical (unpaired) electrons. The van der Waals surface area contributed by atoms with Crippen molar-refractivity contribution in [1.82, 2.24) is 15.0 Å². The topological polar surface area (TPSA) is 58.9 Å². The van der Waals surface area contributed by atoms with E-state index in [0.717, 1.165) is 27.7 Å². The molecule has 0 aliphatic carbocycles. The number of halogens is 1. The van der Waals surface area contributed by atoms with Crippen molar-refractivity contribution in [3.05, 3.63) is 53.2 Å². The number of rotatable bonds is 2. The summed E-state index contributed by atoms with van der Waals surface area (Å²) in [4.78, 5) is 12.9. The van der Waals surface area contributed by atoms with Gasteiger partial charge < -0.3 is 5.11 Å². The minimum Gasteiger partial charge on any atom is -0.382 e. The van der Waals surface area contributed by atoms with Gasteiger partial charge in [-0.25, -0.2) is 9.97 Å². The Morgan fingerprint density at radius 1 is 1.05 bits per heavy atom. The molecule has 2 aromatic heterocycles. The van der Waals surface area contributed by atoms with Gasteiger partial charge in [-0.1, -0.05) is 17.7 Å². The van der Waals surface area contributed by atoms with E-state index >= 15 is 0 Å². The molecule has 22 heavy (non-hydrogen) atoms. The van der Waals surface area contributed by atoms with Gasteiger partial charge in [-0.2, -0.15) is 0 Å². The fourth-order valence-electron chi connectivity index (χ4n) is 2.22. The van der Waals surface area contributed by atoms with Crippen LogP contribution in [0.2, 0.25) is 5.02 Å². The van der Waals surface area contributed by atoms with Crippen LogP contribution in [0.25, 0.3) is 22.0 Å². The van der Waals surface area contributed by atoms with Crippen LogP contribution in [0.3, 0.4) is 0 Å². The van der Waals surface area contributed by atoms with Crippen LogP contribution >= 0.6 is 11.6 Å². The van der Waals surface area contributed by atoms with E-state index in [4.69, 9.17) is 11.6 Å². The van der Waals surface area contributed by atoms with Gasteiger partial charge >= 0.3 is 0 Å². The van der Waals surface area contributed by atoms with Crippen molar-refractivity contribution in [2.75, 3.05) is 0 Å². The van der Waals surface area contributed by atoms with Crippen molar-refractivity contribution >= 4 is 22.5 Å². The normalized spacial score (nSPS) is 11.9. The smallest absolute Gasteiger partial charge is 0.159 e. The monoisotopic (exact) mass is 313 g/mol. The standard InChI is InChI=1S/C17H16ClN3O/c1-10-14(18)7-12-6-11(4-5-15(12)21-10)13-8-19-16(20-9-13)17(2,3)22/h4-9,22H,1-3H3. The van der Waals surface area contributed by atoms with E-state index in [1.807, 2.05) is 31.2 Å². The summed E-state index contributed by atoms with van der Waals surface area (Å²) in [5.74, 6) is 0.400. The minimum absolute atomic E-state index is 0.400. The number of hydrogen-bond acceptors (Lipinski definition) is 4. The van der Waals surface area contributed by atoms with Gasteiger partial charge in [0.25, 0.3) is 0 Å². The highest BCUT2D eigenvalue weighted by atomic mass is 35.5. The van der Waals surface area contributed by atoms with Gasteiger partial charge in [-0.3, -0.25) is 4.98 Å². The molecule has 0 bridgehead atoms. The second kappa shape index (κ2) is 5.30. The molecule has 0 aliphatic rings. The lowest BCUT2D eigenvalue weighted by atomic mass is 10.1. The highest BCUT2D eigenvalue weighted by Gasteiger charge is 2.19. The molecular formula is C17H16ClN3O. The van der Waals surface area contributed by atoms with Crippen molar-refractivity contribution < 1.29 is 5.11 Å². The van der Waals surface area contributed by atoms with Crippen LogP contribution in [-0.2, 0) is 5.60 Å². The lowest BCUT2D eigenvalue weighted by molar-refractivity contribution is 0.0687. The number of aliphatic hydroxyl groups is 1. The van der Waals surface area contributed by atoms with E-state index in [1.54, 1.807) is 26.2 Å².